The molecule has 0 saturated carbocycles. The molecule has 0 aromatic heterocycles. The van der Waals surface area contributed by atoms with Gasteiger partial charge in [0.25, 0.3) is 0 Å². The van der Waals surface area contributed by atoms with Crippen LogP contribution in [-0.2, 0) is 9.59 Å². The molecule has 0 saturated heterocycles. The highest BCUT2D eigenvalue weighted by Gasteiger charge is 2.22. The average molecular weight is 336 g/mol. The Labute approximate surface area is 143 Å². The third-order valence-electron chi connectivity index (χ3n) is 3.87. The molecule has 0 radical (unpaired) electrons. The number of rotatable bonds is 9. The molecule has 2 N–H and O–H groups in total. The molecule has 0 bridgehead atoms. The van der Waals surface area contributed by atoms with Gasteiger partial charge in [-0.3, -0.25) is 14.5 Å². The summed E-state index contributed by atoms with van der Waals surface area (Å²) in [4.78, 5) is 24.9. The fourth-order valence-corrected chi connectivity index (χ4v) is 2.44. The molecule has 1 aromatic rings. The predicted molar refractivity (Wildman–Crippen MR) is 93.1 cm³/mol. The van der Waals surface area contributed by atoms with Gasteiger partial charge in [-0.25, -0.2) is 0 Å². The molecular formula is C18H28N2O4. The first kappa shape index (κ1) is 20.0. The van der Waals surface area contributed by atoms with E-state index < -0.39 is 5.97 Å². The summed E-state index contributed by atoms with van der Waals surface area (Å²) in [5.41, 5.74) is 0.994. The monoisotopic (exact) mass is 336 g/mol. The zero-order chi connectivity index (χ0) is 18.3. The lowest BCUT2D eigenvalue weighted by Crippen LogP contribution is -2.44. The summed E-state index contributed by atoms with van der Waals surface area (Å²) in [5.74, 6) is -0.152. The van der Waals surface area contributed by atoms with Crippen molar-refractivity contribution >= 4 is 11.9 Å². The number of hydrogen-bond acceptors (Lipinski definition) is 4. The Morgan fingerprint density at radius 3 is 2.12 bits per heavy atom. The van der Waals surface area contributed by atoms with Crippen LogP contribution in [0.4, 0.5) is 0 Å². The first-order valence-corrected chi connectivity index (χ1v) is 8.13. The van der Waals surface area contributed by atoms with E-state index in [4.69, 9.17) is 9.84 Å². The van der Waals surface area contributed by atoms with Crippen LogP contribution in [0.5, 0.6) is 5.75 Å². The lowest BCUT2D eigenvalue weighted by atomic mass is 9.96. The summed E-state index contributed by atoms with van der Waals surface area (Å²) in [5, 5.41) is 12.0. The summed E-state index contributed by atoms with van der Waals surface area (Å²) < 4.78 is 5.16. The maximum atomic E-state index is 12.4. The number of aliphatic carboxylic acids is 1. The Bertz CT molecular complexity index is 540. The molecule has 1 rings (SSSR count). The SMILES string of the molecule is COc1ccc(C(NC(=O)CN(CC(=O)O)C(C)C)C(C)C)cc1. The number of benzene rings is 1. The largest absolute Gasteiger partial charge is 0.497 e. The number of nitrogens with zero attached hydrogens (tertiary/aromatic N) is 1. The van der Waals surface area contributed by atoms with Gasteiger partial charge in [-0.05, 0) is 37.5 Å². The number of nitrogens with one attached hydrogen (secondary N) is 1. The minimum Gasteiger partial charge on any atom is -0.497 e. The fourth-order valence-electron chi connectivity index (χ4n) is 2.44. The highest BCUT2D eigenvalue weighted by Crippen LogP contribution is 2.23. The quantitative estimate of drug-likeness (QED) is 0.723. The van der Waals surface area contributed by atoms with Gasteiger partial charge >= 0.3 is 5.97 Å². The summed E-state index contributed by atoms with van der Waals surface area (Å²) in [6, 6.07) is 7.43. The summed E-state index contributed by atoms with van der Waals surface area (Å²) in [6.45, 7) is 7.72. The first-order chi connectivity index (χ1) is 11.2. The van der Waals surface area contributed by atoms with Crippen LogP contribution in [-0.4, -0.2) is 48.1 Å². The van der Waals surface area contributed by atoms with E-state index >= 15 is 0 Å². The number of hydrogen-bond donors (Lipinski definition) is 2. The molecule has 6 nitrogen and oxygen atoms in total. The van der Waals surface area contributed by atoms with Gasteiger partial charge in [-0.15, -0.1) is 0 Å². The number of carbonyl (C=O) groups excluding carboxylic acids is 1. The van der Waals surface area contributed by atoms with Gasteiger partial charge in [0, 0.05) is 6.04 Å². The Morgan fingerprint density at radius 1 is 1.12 bits per heavy atom. The third-order valence-corrected chi connectivity index (χ3v) is 3.87. The highest BCUT2D eigenvalue weighted by atomic mass is 16.5. The molecule has 0 heterocycles. The van der Waals surface area contributed by atoms with Crippen LogP contribution in [0, 0.1) is 5.92 Å². The molecule has 1 atom stereocenters. The highest BCUT2D eigenvalue weighted by molar-refractivity contribution is 5.79. The summed E-state index contributed by atoms with van der Waals surface area (Å²) >= 11 is 0. The van der Waals surface area contributed by atoms with Gasteiger partial charge in [0.05, 0.1) is 26.2 Å². The normalized spacial score (nSPS) is 12.5. The van der Waals surface area contributed by atoms with Gasteiger partial charge in [-0.2, -0.15) is 0 Å². The van der Waals surface area contributed by atoms with Crippen molar-refractivity contribution in [3.05, 3.63) is 29.8 Å². The summed E-state index contributed by atoms with van der Waals surface area (Å²) in [7, 11) is 1.61. The van der Waals surface area contributed by atoms with E-state index in [0.717, 1.165) is 11.3 Å². The van der Waals surface area contributed by atoms with Crippen molar-refractivity contribution in [1.29, 1.82) is 0 Å². The van der Waals surface area contributed by atoms with Crippen LogP contribution in [0.1, 0.15) is 39.3 Å². The lowest BCUT2D eigenvalue weighted by Gasteiger charge is -2.27. The standard InChI is InChI=1S/C18H28N2O4/c1-12(2)18(14-6-8-15(24-5)9-7-14)19-16(21)10-20(13(3)4)11-17(22)23/h6-9,12-13,18H,10-11H2,1-5H3,(H,19,21)(H,22,23). The van der Waals surface area contributed by atoms with Crippen LogP contribution in [0.2, 0.25) is 0 Å². The first-order valence-electron chi connectivity index (χ1n) is 8.13. The van der Waals surface area contributed by atoms with Crippen molar-refractivity contribution in [3.63, 3.8) is 0 Å². The van der Waals surface area contributed by atoms with Crippen molar-refractivity contribution in [1.82, 2.24) is 10.2 Å². The fraction of sp³-hybridized carbons (Fsp3) is 0.556. The second-order valence-corrected chi connectivity index (χ2v) is 6.45. The van der Waals surface area contributed by atoms with E-state index in [0.29, 0.717) is 0 Å². The number of amides is 1. The van der Waals surface area contributed by atoms with E-state index in [1.54, 1.807) is 12.0 Å². The van der Waals surface area contributed by atoms with Gasteiger partial charge < -0.3 is 15.2 Å². The molecule has 6 heteroatoms. The van der Waals surface area contributed by atoms with E-state index in [9.17, 15) is 9.59 Å². The maximum Gasteiger partial charge on any atom is 0.317 e. The van der Waals surface area contributed by atoms with E-state index in [2.05, 4.69) is 5.32 Å². The maximum absolute atomic E-state index is 12.4. The summed E-state index contributed by atoms with van der Waals surface area (Å²) in [6.07, 6.45) is 0. The Balaban J connectivity index is 2.79. The van der Waals surface area contributed by atoms with E-state index in [-0.39, 0.29) is 37.0 Å². The number of methoxy groups -OCH3 is 1. The van der Waals surface area contributed by atoms with Crippen LogP contribution in [0.3, 0.4) is 0 Å². The molecule has 0 aliphatic rings. The smallest absolute Gasteiger partial charge is 0.317 e. The Kier molecular flexibility index (Phi) is 7.71. The molecule has 0 spiro atoms. The predicted octanol–water partition coefficient (Wildman–Crippen LogP) is 2.30. The molecule has 0 aliphatic heterocycles. The van der Waals surface area contributed by atoms with Crippen molar-refractivity contribution in [2.75, 3.05) is 20.2 Å². The number of carboxylic acid groups (broad SMARTS) is 1. The molecule has 24 heavy (non-hydrogen) atoms. The second kappa shape index (κ2) is 9.27. The average Bonchev–Trinajstić information content (AvgIpc) is 2.51. The van der Waals surface area contributed by atoms with Gasteiger partial charge in [0.2, 0.25) is 5.91 Å². The molecule has 1 unspecified atom stereocenters. The van der Waals surface area contributed by atoms with E-state index in [1.165, 1.54) is 0 Å². The zero-order valence-electron chi connectivity index (χ0n) is 15.1. The number of ether oxygens (including phenoxy) is 1. The van der Waals surface area contributed by atoms with Crippen LogP contribution in [0.25, 0.3) is 0 Å². The minimum atomic E-state index is -0.938. The number of carbonyl (C=O) groups is 2. The van der Waals surface area contributed by atoms with Gasteiger partial charge in [0.15, 0.2) is 0 Å². The minimum absolute atomic E-state index is 0.0228. The molecule has 0 aliphatic carbocycles. The molecule has 1 aromatic carbocycles. The van der Waals surface area contributed by atoms with Crippen LogP contribution in [0.15, 0.2) is 24.3 Å². The van der Waals surface area contributed by atoms with Crippen molar-refractivity contribution in [3.8, 4) is 5.75 Å². The zero-order valence-corrected chi connectivity index (χ0v) is 15.1. The third kappa shape index (κ3) is 6.20. The Morgan fingerprint density at radius 2 is 1.71 bits per heavy atom. The molecule has 134 valence electrons. The van der Waals surface area contributed by atoms with Gasteiger partial charge in [-0.1, -0.05) is 26.0 Å². The molecule has 1 amide bonds. The lowest BCUT2D eigenvalue weighted by molar-refractivity contribution is -0.139. The topological polar surface area (TPSA) is 78.9 Å². The second-order valence-electron chi connectivity index (χ2n) is 6.45. The van der Waals surface area contributed by atoms with Gasteiger partial charge in [0.1, 0.15) is 5.75 Å². The van der Waals surface area contributed by atoms with Crippen molar-refractivity contribution < 1.29 is 19.4 Å². The molecule has 0 fully saturated rings. The van der Waals surface area contributed by atoms with E-state index in [1.807, 2.05) is 52.0 Å². The van der Waals surface area contributed by atoms with Crippen molar-refractivity contribution in [2.45, 2.75) is 39.8 Å². The van der Waals surface area contributed by atoms with Crippen LogP contribution >= 0.6 is 0 Å². The van der Waals surface area contributed by atoms with Crippen molar-refractivity contribution in [2.24, 2.45) is 5.92 Å². The molecular weight excluding hydrogens is 308 g/mol. The number of carboxylic acids is 1. The van der Waals surface area contributed by atoms with Crippen LogP contribution < -0.4 is 10.1 Å². The Hall–Kier alpha value is -2.08.